The molecule has 0 N–H and O–H groups in total. The first-order valence-electron chi connectivity index (χ1n) is 10.7. The maximum atomic E-state index is 5.82. The van der Waals surface area contributed by atoms with E-state index in [0.717, 1.165) is 0 Å². The fourth-order valence-corrected chi connectivity index (χ4v) is 3.98. The molecule has 0 aromatic heterocycles. The fourth-order valence-electron chi connectivity index (χ4n) is 3.98. The molecule has 35 heavy (non-hydrogen) atoms. The molecule has 1 aliphatic carbocycles. The molecule has 1 aliphatic rings. The summed E-state index contributed by atoms with van der Waals surface area (Å²) in [6.45, 7) is 0. The van der Waals surface area contributed by atoms with E-state index in [9.17, 15) is 0 Å². The molecule has 0 bridgehead atoms. The molecule has 8 nitrogen and oxygen atoms in total. The second kappa shape index (κ2) is 11.4. The lowest BCUT2D eigenvalue weighted by molar-refractivity contribution is -0.418. The third-order valence-electron chi connectivity index (χ3n) is 5.61. The monoisotopic (exact) mass is 483 g/mol. The zero-order valence-electron chi connectivity index (χ0n) is 21.3. The van der Waals surface area contributed by atoms with Gasteiger partial charge in [-0.15, -0.1) is 0 Å². The van der Waals surface area contributed by atoms with Gasteiger partial charge in [0.25, 0.3) is 7.11 Å². The van der Waals surface area contributed by atoms with Crippen LogP contribution in [0.3, 0.4) is 0 Å². The van der Waals surface area contributed by atoms with Gasteiger partial charge in [-0.05, 0) is 12.1 Å². The van der Waals surface area contributed by atoms with Crippen molar-refractivity contribution < 1.29 is 37.6 Å². The SMILES string of the molecule is COC1=CC(=[O+]C)/C(=C(\c2c(OC)cccc2OC)c2c(OC)cc(OC)cc2OC)C(OC)=C1. The van der Waals surface area contributed by atoms with Crippen LogP contribution in [0.2, 0.25) is 0 Å². The lowest BCUT2D eigenvalue weighted by Gasteiger charge is -2.24. The van der Waals surface area contributed by atoms with Gasteiger partial charge in [-0.3, -0.25) is 4.42 Å². The zero-order chi connectivity index (χ0) is 25.5. The third kappa shape index (κ3) is 4.77. The van der Waals surface area contributed by atoms with Crippen molar-refractivity contribution >= 4 is 11.4 Å². The van der Waals surface area contributed by atoms with Crippen molar-refractivity contribution in [1.82, 2.24) is 0 Å². The number of allylic oxidation sites excluding steroid dienone is 3. The van der Waals surface area contributed by atoms with E-state index in [1.54, 1.807) is 81.2 Å². The molecule has 0 spiro atoms. The summed E-state index contributed by atoms with van der Waals surface area (Å²) in [6.07, 6.45) is 3.56. The number of hydrogen-bond acceptors (Lipinski definition) is 7. The topological polar surface area (TPSA) is 75.9 Å². The molecular weight excluding hydrogens is 452 g/mol. The Bertz CT molecular complexity index is 1160. The maximum absolute atomic E-state index is 5.82. The lowest BCUT2D eigenvalue weighted by Crippen LogP contribution is -2.16. The lowest BCUT2D eigenvalue weighted by atomic mass is 9.86. The minimum absolute atomic E-state index is 0.504. The highest BCUT2D eigenvalue weighted by Crippen LogP contribution is 2.49. The molecule has 0 atom stereocenters. The first-order valence-corrected chi connectivity index (χ1v) is 10.7. The third-order valence-corrected chi connectivity index (χ3v) is 5.61. The molecular formula is C27H31O8+. The first-order chi connectivity index (χ1) is 17.0. The Morgan fingerprint density at radius 1 is 0.629 bits per heavy atom. The summed E-state index contributed by atoms with van der Waals surface area (Å²) in [5.74, 6) is 4.30. The van der Waals surface area contributed by atoms with Crippen LogP contribution in [0.5, 0.6) is 28.7 Å². The highest BCUT2D eigenvalue weighted by Gasteiger charge is 2.36. The Balaban J connectivity index is 2.62. The van der Waals surface area contributed by atoms with Crippen molar-refractivity contribution in [3.8, 4) is 28.7 Å². The summed E-state index contributed by atoms with van der Waals surface area (Å²) in [4.78, 5) is 0. The van der Waals surface area contributed by atoms with Crippen molar-refractivity contribution in [2.24, 2.45) is 0 Å². The van der Waals surface area contributed by atoms with Crippen molar-refractivity contribution in [2.75, 3.05) is 56.9 Å². The van der Waals surface area contributed by atoms with Crippen LogP contribution in [-0.2, 0) is 13.9 Å². The largest absolute Gasteiger partial charge is 0.496 e. The normalized spacial score (nSPS) is 15.6. The summed E-state index contributed by atoms with van der Waals surface area (Å²) in [7, 11) is 12.7. The molecule has 0 radical (unpaired) electrons. The number of hydrogen-bond donors (Lipinski definition) is 0. The van der Waals surface area contributed by atoms with E-state index in [1.165, 1.54) is 0 Å². The van der Waals surface area contributed by atoms with E-state index in [0.29, 0.717) is 68.3 Å². The number of carbonyl (C=O) groups excluding carboxylic acids is 1. The molecule has 0 amide bonds. The van der Waals surface area contributed by atoms with Gasteiger partial charge >= 0.3 is 5.78 Å². The van der Waals surface area contributed by atoms with Crippen LogP contribution in [0, 0.1) is 0 Å². The Hall–Kier alpha value is -4.07. The summed E-state index contributed by atoms with van der Waals surface area (Å²) in [6, 6.07) is 9.11. The Morgan fingerprint density at radius 3 is 1.60 bits per heavy atom. The van der Waals surface area contributed by atoms with Crippen LogP contribution in [0.1, 0.15) is 11.1 Å². The summed E-state index contributed by atoms with van der Waals surface area (Å²) >= 11 is 0. The van der Waals surface area contributed by atoms with Gasteiger partial charge in [0.2, 0.25) is 0 Å². The van der Waals surface area contributed by atoms with Gasteiger partial charge in [-0.2, -0.15) is 0 Å². The van der Waals surface area contributed by atoms with E-state index in [-0.39, 0.29) is 0 Å². The van der Waals surface area contributed by atoms with Crippen LogP contribution in [0.4, 0.5) is 0 Å². The summed E-state index contributed by atoms with van der Waals surface area (Å²) < 4.78 is 45.8. The number of rotatable bonds is 9. The maximum Gasteiger partial charge on any atom is 0.358 e. The Morgan fingerprint density at radius 2 is 1.17 bits per heavy atom. The van der Waals surface area contributed by atoms with Crippen molar-refractivity contribution in [2.45, 2.75) is 0 Å². The van der Waals surface area contributed by atoms with E-state index < -0.39 is 0 Å². The van der Waals surface area contributed by atoms with Gasteiger partial charge in [-0.25, -0.2) is 0 Å². The first kappa shape index (κ1) is 25.6. The molecule has 0 unspecified atom stereocenters. The quantitative estimate of drug-likeness (QED) is 0.388. The van der Waals surface area contributed by atoms with Gasteiger partial charge in [0, 0.05) is 23.8 Å². The second-order valence-electron chi connectivity index (χ2n) is 7.23. The van der Waals surface area contributed by atoms with Gasteiger partial charge < -0.3 is 33.2 Å². The van der Waals surface area contributed by atoms with Gasteiger partial charge in [0.15, 0.2) is 0 Å². The van der Waals surface area contributed by atoms with Crippen LogP contribution in [-0.4, -0.2) is 62.7 Å². The van der Waals surface area contributed by atoms with Crippen molar-refractivity contribution in [1.29, 1.82) is 0 Å². The standard InChI is InChI=1S/C27H31O8/c1-28-16-12-20(32-5)25(21(13-16)33-6)27(24-18(30-3)10-9-11-19(24)31-4)26-22(34-7)14-17(29-2)15-23(26)35-8/h9-15H,1-8H3/q+1. The summed E-state index contributed by atoms with van der Waals surface area (Å²) in [5.41, 5.74) is 2.55. The van der Waals surface area contributed by atoms with Gasteiger partial charge in [0.05, 0.1) is 67.0 Å². The Kier molecular flexibility index (Phi) is 8.30. The molecule has 186 valence electrons. The van der Waals surface area contributed by atoms with Gasteiger partial charge in [-0.1, -0.05) is 6.07 Å². The van der Waals surface area contributed by atoms with Gasteiger partial charge in [0.1, 0.15) is 45.8 Å². The van der Waals surface area contributed by atoms with Crippen LogP contribution >= 0.6 is 0 Å². The average molecular weight is 484 g/mol. The molecule has 0 aliphatic heterocycles. The second-order valence-corrected chi connectivity index (χ2v) is 7.23. The zero-order valence-corrected chi connectivity index (χ0v) is 21.3. The number of ketones is 1. The molecule has 3 rings (SSSR count). The van der Waals surface area contributed by atoms with Crippen LogP contribution < -0.4 is 23.7 Å². The molecule has 0 saturated heterocycles. The molecule has 0 saturated carbocycles. The molecule has 8 heteroatoms. The van der Waals surface area contributed by atoms with Crippen molar-refractivity contribution in [3.63, 3.8) is 0 Å². The predicted molar refractivity (Wildman–Crippen MR) is 133 cm³/mol. The molecule has 0 heterocycles. The highest BCUT2D eigenvalue weighted by atomic mass is 16.5. The number of benzene rings is 2. The minimum Gasteiger partial charge on any atom is -0.496 e. The van der Waals surface area contributed by atoms with Crippen LogP contribution in [0.25, 0.3) is 5.57 Å². The molecule has 2 aromatic rings. The van der Waals surface area contributed by atoms with E-state index in [2.05, 4.69) is 0 Å². The highest BCUT2D eigenvalue weighted by molar-refractivity contribution is 6.17. The summed E-state index contributed by atoms with van der Waals surface area (Å²) in [5, 5.41) is 0. The Labute approximate surface area is 205 Å². The van der Waals surface area contributed by atoms with Crippen LogP contribution in [0.15, 0.2) is 59.6 Å². The number of ether oxygens (including phenoxy) is 7. The fraction of sp³-hybridized carbons (Fsp3) is 0.296. The van der Waals surface area contributed by atoms with E-state index >= 15 is 0 Å². The predicted octanol–water partition coefficient (Wildman–Crippen LogP) is 4.34. The van der Waals surface area contributed by atoms with E-state index in [1.807, 2.05) is 18.2 Å². The molecule has 2 aromatic carbocycles. The average Bonchev–Trinajstić information content (AvgIpc) is 2.92. The minimum atomic E-state index is 0.504. The van der Waals surface area contributed by atoms with Crippen molar-refractivity contribution in [3.05, 3.63) is 70.7 Å². The van der Waals surface area contributed by atoms with E-state index in [4.69, 9.17) is 37.6 Å². The number of methoxy groups -OCH3 is 7. The smallest absolute Gasteiger partial charge is 0.358 e. The molecule has 0 fully saturated rings.